The van der Waals surface area contributed by atoms with Gasteiger partial charge >= 0.3 is 0 Å². The molecule has 0 bridgehead atoms. The normalized spacial score (nSPS) is 11.4. The summed E-state index contributed by atoms with van der Waals surface area (Å²) in [6, 6.07) is 43.6. The summed E-state index contributed by atoms with van der Waals surface area (Å²) in [5, 5.41) is 8.23. The minimum Gasteiger partial charge on any atom is -0.255 e. The van der Waals surface area contributed by atoms with Crippen LogP contribution < -0.4 is 0 Å². The Labute approximate surface area is 236 Å². The molecule has 0 spiro atoms. The molecule has 192 valence electrons. The van der Waals surface area contributed by atoms with Gasteiger partial charge in [-0.2, -0.15) is 0 Å². The molecule has 0 N–H and O–H groups in total. The van der Waals surface area contributed by atoms with Crippen LogP contribution in [0.1, 0.15) is 0 Å². The highest BCUT2D eigenvalue weighted by Gasteiger charge is 2.14. The molecule has 0 saturated carbocycles. The van der Waals surface area contributed by atoms with Gasteiger partial charge < -0.3 is 0 Å². The first-order valence-corrected chi connectivity index (χ1v) is 13.6. The molecule has 0 saturated heterocycles. The lowest BCUT2D eigenvalue weighted by Crippen LogP contribution is -1.92. The highest BCUT2D eigenvalue weighted by atomic mass is 15.3. The molecule has 0 aliphatic carbocycles. The zero-order valence-electron chi connectivity index (χ0n) is 22.0. The minimum absolute atomic E-state index is 0.687. The minimum atomic E-state index is 0.687. The first kappa shape index (κ1) is 23.2. The van der Waals surface area contributed by atoms with E-state index in [4.69, 9.17) is 20.1 Å². The fourth-order valence-corrected chi connectivity index (χ4v) is 5.55. The summed E-state index contributed by atoms with van der Waals surface area (Å²) in [6.07, 6.45) is 3.80. The van der Waals surface area contributed by atoms with Gasteiger partial charge in [-0.15, -0.1) is 5.10 Å². The van der Waals surface area contributed by atoms with Crippen molar-refractivity contribution in [1.29, 1.82) is 0 Å². The second kappa shape index (κ2) is 9.50. The van der Waals surface area contributed by atoms with E-state index < -0.39 is 0 Å². The predicted molar refractivity (Wildman–Crippen MR) is 165 cm³/mol. The van der Waals surface area contributed by atoms with Gasteiger partial charge in [-0.05, 0) is 58.5 Å². The summed E-state index contributed by atoms with van der Waals surface area (Å²) in [7, 11) is 0. The van der Waals surface area contributed by atoms with E-state index in [-0.39, 0.29) is 0 Å². The van der Waals surface area contributed by atoms with E-state index >= 15 is 0 Å². The topological polar surface area (TPSA) is 56.0 Å². The smallest absolute Gasteiger partial charge is 0.182 e. The molecule has 0 radical (unpaired) electrons. The Balaban J connectivity index is 1.22. The SMILES string of the molecule is c1ccc(-c2cccn3nc(-c4cccc(-c5ccnc(-c6nc7ccccc7c7ccccc67)c5)c4)nc23)cc1. The molecule has 4 aromatic carbocycles. The number of hydrogen-bond donors (Lipinski definition) is 0. The molecular weight excluding hydrogens is 502 g/mol. The van der Waals surface area contributed by atoms with E-state index in [0.717, 1.165) is 61.1 Å². The highest BCUT2D eigenvalue weighted by molar-refractivity contribution is 6.10. The number of benzene rings is 4. The van der Waals surface area contributed by atoms with Crippen molar-refractivity contribution in [2.45, 2.75) is 0 Å². The first-order valence-electron chi connectivity index (χ1n) is 13.6. The van der Waals surface area contributed by atoms with E-state index in [2.05, 4.69) is 91.0 Å². The van der Waals surface area contributed by atoms with E-state index in [9.17, 15) is 0 Å². The van der Waals surface area contributed by atoms with Gasteiger partial charge in [-0.1, -0.05) is 91.0 Å². The molecular formula is C36H23N5. The van der Waals surface area contributed by atoms with Crippen LogP contribution >= 0.6 is 0 Å². The van der Waals surface area contributed by atoms with Crippen LogP contribution in [-0.2, 0) is 0 Å². The molecule has 4 aromatic heterocycles. The summed E-state index contributed by atoms with van der Waals surface area (Å²) in [4.78, 5) is 14.7. The summed E-state index contributed by atoms with van der Waals surface area (Å²) in [6.45, 7) is 0. The predicted octanol–water partition coefficient (Wildman–Crippen LogP) is 8.49. The molecule has 0 aliphatic heterocycles. The maximum Gasteiger partial charge on any atom is 0.182 e. The fourth-order valence-electron chi connectivity index (χ4n) is 5.55. The van der Waals surface area contributed by atoms with Crippen molar-refractivity contribution in [2.24, 2.45) is 0 Å². The van der Waals surface area contributed by atoms with Gasteiger partial charge in [0.15, 0.2) is 11.5 Å². The molecule has 0 amide bonds. The van der Waals surface area contributed by atoms with Crippen molar-refractivity contribution in [3.8, 4) is 45.0 Å². The molecule has 4 heterocycles. The molecule has 0 atom stereocenters. The number of para-hydroxylation sites is 1. The standard InChI is InChI=1S/C36H23N5/c1-2-10-24(11-3-1)28-17-9-21-41-36(28)39-35(40-41)27-13-8-12-25(22-27)26-19-20-37-33(23-26)34-31-16-5-4-14-29(31)30-15-6-7-18-32(30)38-34/h1-23H. The van der Waals surface area contributed by atoms with Crippen molar-refractivity contribution < 1.29 is 0 Å². The molecule has 0 fully saturated rings. The lowest BCUT2D eigenvalue weighted by molar-refractivity contribution is 0.967. The Bertz CT molecular complexity index is 2220. The largest absolute Gasteiger partial charge is 0.255 e. The van der Waals surface area contributed by atoms with Crippen LogP contribution in [-0.4, -0.2) is 24.6 Å². The number of fused-ring (bicyclic) bond motifs is 4. The molecule has 41 heavy (non-hydrogen) atoms. The maximum absolute atomic E-state index is 5.05. The van der Waals surface area contributed by atoms with Gasteiger partial charge in [0, 0.05) is 34.3 Å². The van der Waals surface area contributed by atoms with E-state index in [1.807, 2.05) is 53.3 Å². The molecule has 8 aromatic rings. The molecule has 5 heteroatoms. The van der Waals surface area contributed by atoms with Crippen molar-refractivity contribution in [2.75, 3.05) is 0 Å². The molecule has 0 unspecified atom stereocenters. The van der Waals surface area contributed by atoms with Gasteiger partial charge in [-0.3, -0.25) is 4.98 Å². The zero-order valence-corrected chi connectivity index (χ0v) is 22.0. The lowest BCUT2D eigenvalue weighted by Gasteiger charge is -2.11. The third kappa shape index (κ3) is 4.03. The number of aromatic nitrogens is 5. The van der Waals surface area contributed by atoms with Gasteiger partial charge in [0.25, 0.3) is 0 Å². The van der Waals surface area contributed by atoms with Crippen molar-refractivity contribution in [3.63, 3.8) is 0 Å². The van der Waals surface area contributed by atoms with E-state index in [1.54, 1.807) is 0 Å². The number of hydrogen-bond acceptors (Lipinski definition) is 4. The summed E-state index contributed by atoms with van der Waals surface area (Å²) in [5.74, 6) is 0.687. The van der Waals surface area contributed by atoms with Crippen molar-refractivity contribution in [1.82, 2.24) is 24.6 Å². The number of rotatable bonds is 4. The van der Waals surface area contributed by atoms with Gasteiger partial charge in [0.05, 0.1) is 16.9 Å². The van der Waals surface area contributed by atoms with E-state index in [0.29, 0.717) is 5.82 Å². The van der Waals surface area contributed by atoms with Crippen LogP contribution in [0.2, 0.25) is 0 Å². The third-order valence-electron chi connectivity index (χ3n) is 7.51. The molecule has 5 nitrogen and oxygen atoms in total. The van der Waals surface area contributed by atoms with Crippen LogP contribution in [0.5, 0.6) is 0 Å². The summed E-state index contributed by atoms with van der Waals surface area (Å²) in [5.41, 5.74) is 8.77. The molecule has 0 aliphatic rings. The Morgan fingerprint density at radius 2 is 1.24 bits per heavy atom. The first-order chi connectivity index (χ1) is 20.3. The Hall–Kier alpha value is -5.68. The van der Waals surface area contributed by atoms with Gasteiger partial charge in [-0.25, -0.2) is 14.5 Å². The maximum atomic E-state index is 5.05. The van der Waals surface area contributed by atoms with Gasteiger partial charge in [0.2, 0.25) is 0 Å². The quantitative estimate of drug-likeness (QED) is 0.216. The summed E-state index contributed by atoms with van der Waals surface area (Å²) < 4.78 is 1.85. The fraction of sp³-hybridized carbons (Fsp3) is 0. The van der Waals surface area contributed by atoms with Gasteiger partial charge in [0.1, 0.15) is 0 Å². The van der Waals surface area contributed by atoms with Crippen LogP contribution in [0.15, 0.2) is 140 Å². The second-order valence-electron chi connectivity index (χ2n) is 10.0. The van der Waals surface area contributed by atoms with E-state index in [1.165, 1.54) is 5.39 Å². The Morgan fingerprint density at radius 1 is 0.512 bits per heavy atom. The third-order valence-corrected chi connectivity index (χ3v) is 7.51. The van der Waals surface area contributed by atoms with Crippen LogP contribution in [0.4, 0.5) is 0 Å². The van der Waals surface area contributed by atoms with Crippen LogP contribution in [0, 0.1) is 0 Å². The average Bonchev–Trinajstić information content (AvgIpc) is 3.50. The second-order valence-corrected chi connectivity index (χ2v) is 10.0. The number of nitrogens with zero attached hydrogens (tertiary/aromatic N) is 5. The Kier molecular flexibility index (Phi) is 5.38. The van der Waals surface area contributed by atoms with Crippen LogP contribution in [0.25, 0.3) is 72.4 Å². The lowest BCUT2D eigenvalue weighted by atomic mass is 9.99. The molecule has 8 rings (SSSR count). The summed E-state index contributed by atoms with van der Waals surface area (Å²) >= 11 is 0. The van der Waals surface area contributed by atoms with Crippen LogP contribution in [0.3, 0.4) is 0 Å². The van der Waals surface area contributed by atoms with Crippen molar-refractivity contribution >= 4 is 27.3 Å². The monoisotopic (exact) mass is 525 g/mol. The van der Waals surface area contributed by atoms with Crippen molar-refractivity contribution in [3.05, 3.63) is 140 Å². The average molecular weight is 526 g/mol. The number of pyridine rings is 3. The zero-order chi connectivity index (χ0) is 27.2. The Morgan fingerprint density at radius 3 is 2.15 bits per heavy atom. The highest BCUT2D eigenvalue weighted by Crippen LogP contribution is 2.34.